The summed E-state index contributed by atoms with van der Waals surface area (Å²) < 4.78 is 13.2. The summed E-state index contributed by atoms with van der Waals surface area (Å²) in [5.41, 5.74) is 0.130. The molecular formula is C12H14FNO. The molecule has 2 rings (SSSR count). The zero-order chi connectivity index (χ0) is 10.8. The molecule has 1 N–H and O–H groups in total. The predicted molar refractivity (Wildman–Crippen MR) is 56.1 cm³/mol. The topological polar surface area (TPSA) is 29.1 Å². The highest BCUT2D eigenvalue weighted by Gasteiger charge is 2.29. The van der Waals surface area contributed by atoms with Gasteiger partial charge in [-0.15, -0.1) is 0 Å². The van der Waals surface area contributed by atoms with Gasteiger partial charge in [0.2, 0.25) is 0 Å². The van der Waals surface area contributed by atoms with Crippen molar-refractivity contribution < 1.29 is 9.18 Å². The van der Waals surface area contributed by atoms with E-state index in [-0.39, 0.29) is 17.5 Å². The van der Waals surface area contributed by atoms with Crippen LogP contribution in [0.15, 0.2) is 24.3 Å². The summed E-state index contributed by atoms with van der Waals surface area (Å²) in [4.78, 5) is 11.7. The highest BCUT2D eigenvalue weighted by Crippen LogP contribution is 2.32. The maximum Gasteiger partial charge on any atom is 0.254 e. The third-order valence-electron chi connectivity index (χ3n) is 2.81. The van der Waals surface area contributed by atoms with Gasteiger partial charge in [-0.05, 0) is 37.8 Å². The van der Waals surface area contributed by atoms with Gasteiger partial charge < -0.3 is 5.32 Å². The van der Waals surface area contributed by atoms with Gasteiger partial charge in [0.15, 0.2) is 0 Å². The van der Waals surface area contributed by atoms with Crippen LogP contribution in [0.5, 0.6) is 0 Å². The van der Waals surface area contributed by atoms with Crippen LogP contribution in [-0.4, -0.2) is 11.9 Å². The number of benzene rings is 1. The Kier molecular flexibility index (Phi) is 2.71. The van der Waals surface area contributed by atoms with Gasteiger partial charge in [-0.3, -0.25) is 4.79 Å². The quantitative estimate of drug-likeness (QED) is 0.809. The zero-order valence-corrected chi connectivity index (χ0v) is 8.66. The first kappa shape index (κ1) is 10.1. The van der Waals surface area contributed by atoms with E-state index in [9.17, 15) is 9.18 Å². The Bertz CT molecular complexity index is 374. The van der Waals surface area contributed by atoms with Crippen molar-refractivity contribution in [1.82, 2.24) is 5.32 Å². The third-order valence-corrected chi connectivity index (χ3v) is 2.81. The first-order valence-corrected chi connectivity index (χ1v) is 5.24. The van der Waals surface area contributed by atoms with Gasteiger partial charge in [-0.1, -0.05) is 12.1 Å². The van der Waals surface area contributed by atoms with Gasteiger partial charge in [0, 0.05) is 6.04 Å². The average Bonchev–Trinajstić information content (AvgIpc) is 3.01. The van der Waals surface area contributed by atoms with Crippen molar-refractivity contribution in [2.45, 2.75) is 25.8 Å². The summed E-state index contributed by atoms with van der Waals surface area (Å²) in [6.07, 6.45) is 2.33. The second kappa shape index (κ2) is 4.01. The molecule has 0 aromatic heterocycles. The van der Waals surface area contributed by atoms with Crippen LogP contribution in [-0.2, 0) is 0 Å². The Hall–Kier alpha value is -1.38. The SMILES string of the molecule is C[C@H](NC(=O)c1ccccc1F)C1CC1. The first-order chi connectivity index (χ1) is 7.18. The summed E-state index contributed by atoms with van der Waals surface area (Å²) in [6, 6.07) is 6.20. The number of hydrogen-bond acceptors (Lipinski definition) is 1. The lowest BCUT2D eigenvalue weighted by Crippen LogP contribution is -2.34. The van der Waals surface area contributed by atoms with E-state index in [1.54, 1.807) is 12.1 Å². The van der Waals surface area contributed by atoms with E-state index in [1.807, 2.05) is 6.92 Å². The van der Waals surface area contributed by atoms with Crippen molar-refractivity contribution in [2.24, 2.45) is 5.92 Å². The van der Waals surface area contributed by atoms with Crippen LogP contribution in [0.2, 0.25) is 0 Å². The molecule has 1 aromatic carbocycles. The molecule has 1 aromatic rings. The van der Waals surface area contributed by atoms with E-state index in [1.165, 1.54) is 25.0 Å². The summed E-state index contributed by atoms with van der Waals surface area (Å²) in [5, 5.41) is 2.82. The van der Waals surface area contributed by atoms with Gasteiger partial charge in [-0.25, -0.2) is 4.39 Å². The van der Waals surface area contributed by atoms with Crippen molar-refractivity contribution in [3.8, 4) is 0 Å². The largest absolute Gasteiger partial charge is 0.349 e. The lowest BCUT2D eigenvalue weighted by molar-refractivity contribution is 0.0932. The van der Waals surface area contributed by atoms with E-state index in [0.29, 0.717) is 5.92 Å². The predicted octanol–water partition coefficient (Wildman–Crippen LogP) is 2.35. The zero-order valence-electron chi connectivity index (χ0n) is 8.66. The Balaban J connectivity index is 2.04. The van der Waals surface area contributed by atoms with Gasteiger partial charge in [0.1, 0.15) is 5.82 Å². The van der Waals surface area contributed by atoms with Crippen LogP contribution >= 0.6 is 0 Å². The molecule has 1 saturated carbocycles. The van der Waals surface area contributed by atoms with Crippen LogP contribution < -0.4 is 5.32 Å². The molecule has 0 spiro atoms. The highest BCUT2D eigenvalue weighted by molar-refractivity contribution is 5.94. The molecule has 0 unspecified atom stereocenters. The van der Waals surface area contributed by atoms with Crippen LogP contribution in [0.1, 0.15) is 30.1 Å². The summed E-state index contributed by atoms with van der Waals surface area (Å²) >= 11 is 0. The molecular weight excluding hydrogens is 193 g/mol. The van der Waals surface area contributed by atoms with Gasteiger partial charge in [0.25, 0.3) is 5.91 Å². The lowest BCUT2D eigenvalue weighted by Gasteiger charge is -2.12. The van der Waals surface area contributed by atoms with E-state index >= 15 is 0 Å². The molecule has 3 heteroatoms. The van der Waals surface area contributed by atoms with Crippen LogP contribution in [0, 0.1) is 11.7 Å². The van der Waals surface area contributed by atoms with Crippen LogP contribution in [0.3, 0.4) is 0 Å². The minimum Gasteiger partial charge on any atom is -0.349 e. The Morgan fingerprint density at radius 2 is 2.13 bits per heavy atom. The fourth-order valence-corrected chi connectivity index (χ4v) is 1.64. The number of nitrogens with one attached hydrogen (secondary N) is 1. The molecule has 2 nitrogen and oxygen atoms in total. The number of carbonyl (C=O) groups is 1. The van der Waals surface area contributed by atoms with E-state index in [0.717, 1.165) is 0 Å². The van der Waals surface area contributed by atoms with Crippen molar-refractivity contribution in [3.63, 3.8) is 0 Å². The van der Waals surface area contributed by atoms with Crippen molar-refractivity contribution in [3.05, 3.63) is 35.6 Å². The Morgan fingerprint density at radius 3 is 2.73 bits per heavy atom. The monoisotopic (exact) mass is 207 g/mol. The van der Waals surface area contributed by atoms with Crippen LogP contribution in [0.25, 0.3) is 0 Å². The van der Waals surface area contributed by atoms with E-state index < -0.39 is 5.82 Å². The molecule has 1 amide bonds. The minimum absolute atomic E-state index is 0.130. The second-order valence-electron chi connectivity index (χ2n) is 4.08. The smallest absolute Gasteiger partial charge is 0.254 e. The number of rotatable bonds is 3. The summed E-state index contributed by atoms with van der Waals surface area (Å²) in [7, 11) is 0. The molecule has 0 bridgehead atoms. The van der Waals surface area contributed by atoms with Crippen molar-refractivity contribution in [2.75, 3.05) is 0 Å². The molecule has 80 valence electrons. The fourth-order valence-electron chi connectivity index (χ4n) is 1.64. The Morgan fingerprint density at radius 1 is 1.47 bits per heavy atom. The third kappa shape index (κ3) is 2.35. The lowest BCUT2D eigenvalue weighted by atomic mass is 10.1. The number of halogens is 1. The molecule has 1 atom stereocenters. The molecule has 1 fully saturated rings. The molecule has 15 heavy (non-hydrogen) atoms. The molecule has 1 aliphatic rings. The summed E-state index contributed by atoms with van der Waals surface area (Å²) in [6.45, 7) is 1.97. The highest BCUT2D eigenvalue weighted by atomic mass is 19.1. The second-order valence-corrected chi connectivity index (χ2v) is 4.08. The van der Waals surface area contributed by atoms with Crippen molar-refractivity contribution in [1.29, 1.82) is 0 Å². The number of amides is 1. The van der Waals surface area contributed by atoms with Crippen molar-refractivity contribution >= 4 is 5.91 Å². The number of hydrogen-bond donors (Lipinski definition) is 1. The molecule has 0 saturated heterocycles. The maximum atomic E-state index is 13.2. The molecule has 0 radical (unpaired) electrons. The number of carbonyl (C=O) groups excluding carboxylic acids is 1. The van der Waals surface area contributed by atoms with Gasteiger partial charge in [0.05, 0.1) is 5.56 Å². The van der Waals surface area contributed by atoms with Crippen LogP contribution in [0.4, 0.5) is 4.39 Å². The van der Waals surface area contributed by atoms with E-state index in [4.69, 9.17) is 0 Å². The average molecular weight is 207 g/mol. The normalized spacial score (nSPS) is 17.2. The molecule has 0 aliphatic heterocycles. The Labute approximate surface area is 88.5 Å². The van der Waals surface area contributed by atoms with Gasteiger partial charge in [-0.2, -0.15) is 0 Å². The maximum absolute atomic E-state index is 13.2. The fraction of sp³-hybridized carbons (Fsp3) is 0.417. The van der Waals surface area contributed by atoms with Gasteiger partial charge >= 0.3 is 0 Å². The minimum atomic E-state index is -0.460. The standard InChI is InChI=1S/C12H14FNO/c1-8(9-6-7-9)14-12(15)10-4-2-3-5-11(10)13/h2-5,8-9H,6-7H2,1H3,(H,14,15)/t8-/m0/s1. The van der Waals surface area contributed by atoms with E-state index in [2.05, 4.69) is 5.32 Å². The molecule has 1 aliphatic carbocycles. The summed E-state index contributed by atoms with van der Waals surface area (Å²) in [5.74, 6) is -0.189. The molecule has 0 heterocycles. The first-order valence-electron chi connectivity index (χ1n) is 5.24.